The lowest BCUT2D eigenvalue weighted by Crippen LogP contribution is -2.51. The number of nitrogens with zero attached hydrogens (tertiary/aromatic N) is 2. The summed E-state index contributed by atoms with van der Waals surface area (Å²) in [4.78, 5) is 54.3. The molecule has 1 aliphatic heterocycles. The molecule has 12 heteroatoms. The smallest absolute Gasteiger partial charge is 0.410 e. The van der Waals surface area contributed by atoms with E-state index in [1.165, 1.54) is 6.92 Å². The van der Waals surface area contributed by atoms with Gasteiger partial charge in [0.25, 0.3) is 0 Å². The molecule has 0 aromatic heterocycles. The Hall–Kier alpha value is -4.48. The Labute approximate surface area is 270 Å². The van der Waals surface area contributed by atoms with Crippen LogP contribution in [0.1, 0.15) is 64.1 Å². The Morgan fingerprint density at radius 1 is 0.935 bits per heavy atom. The summed E-state index contributed by atoms with van der Waals surface area (Å²) in [6, 6.07) is 6.67. The lowest BCUT2D eigenvalue weighted by Gasteiger charge is -2.35. The third-order valence-electron chi connectivity index (χ3n) is 8.08. The van der Waals surface area contributed by atoms with Crippen LogP contribution in [0.3, 0.4) is 0 Å². The van der Waals surface area contributed by atoms with Crippen molar-refractivity contribution in [2.24, 2.45) is 0 Å². The van der Waals surface area contributed by atoms with Crippen LogP contribution in [0.5, 0.6) is 17.2 Å². The van der Waals surface area contributed by atoms with Crippen LogP contribution in [0.15, 0.2) is 29.1 Å². The number of aryl methyl sites for hydroxylation is 1. The number of carbonyl (C=O) groups is 3. The van der Waals surface area contributed by atoms with Crippen molar-refractivity contribution in [1.82, 2.24) is 15.1 Å². The number of hydrogen-bond donors (Lipinski definition) is 2. The fourth-order valence-corrected chi connectivity index (χ4v) is 5.94. The normalized spacial score (nSPS) is 15.9. The molecule has 1 heterocycles. The molecule has 1 fully saturated rings. The number of nitrogens with one attached hydrogen (secondary N) is 2. The molecule has 3 amide bonds. The van der Waals surface area contributed by atoms with E-state index in [2.05, 4.69) is 10.6 Å². The number of hydrogen-bond acceptors (Lipinski definition) is 9. The third-order valence-corrected chi connectivity index (χ3v) is 8.08. The number of ether oxygens (including phenoxy) is 4. The number of anilines is 1. The summed E-state index contributed by atoms with van der Waals surface area (Å²) >= 11 is 0. The fourth-order valence-electron chi connectivity index (χ4n) is 5.94. The van der Waals surface area contributed by atoms with Gasteiger partial charge in [0.2, 0.25) is 23.0 Å². The predicted molar refractivity (Wildman–Crippen MR) is 175 cm³/mol. The molecule has 2 aromatic rings. The molecule has 2 aliphatic rings. The summed E-state index contributed by atoms with van der Waals surface area (Å²) < 4.78 is 22.5. The maximum Gasteiger partial charge on any atom is 0.410 e. The molecule has 12 nitrogen and oxygen atoms in total. The zero-order valence-electron chi connectivity index (χ0n) is 27.9. The molecule has 2 N–H and O–H groups in total. The van der Waals surface area contributed by atoms with E-state index in [0.29, 0.717) is 86.9 Å². The molecule has 4 rings (SSSR count). The van der Waals surface area contributed by atoms with Gasteiger partial charge in [-0.15, -0.1) is 0 Å². The van der Waals surface area contributed by atoms with Crippen molar-refractivity contribution in [3.63, 3.8) is 0 Å². The fraction of sp³-hybridized carbons (Fsp3) is 0.529. The first kappa shape index (κ1) is 34.4. The van der Waals surface area contributed by atoms with Crippen LogP contribution in [0.4, 0.5) is 10.5 Å². The zero-order chi connectivity index (χ0) is 33.6. The lowest BCUT2D eigenvalue weighted by atomic mass is 9.95. The van der Waals surface area contributed by atoms with Gasteiger partial charge in [0.1, 0.15) is 5.60 Å². The van der Waals surface area contributed by atoms with Crippen LogP contribution in [0.25, 0.3) is 11.1 Å². The number of methoxy groups -OCH3 is 3. The van der Waals surface area contributed by atoms with Crippen molar-refractivity contribution >= 4 is 23.6 Å². The number of benzene rings is 1. The first-order valence-electron chi connectivity index (χ1n) is 15.6. The first-order valence-corrected chi connectivity index (χ1v) is 15.6. The highest BCUT2D eigenvalue weighted by molar-refractivity contribution is 5.84. The minimum atomic E-state index is -0.568. The maximum atomic E-state index is 13.5. The van der Waals surface area contributed by atoms with E-state index < -0.39 is 11.6 Å². The van der Waals surface area contributed by atoms with E-state index in [0.717, 1.165) is 16.7 Å². The Kier molecular flexibility index (Phi) is 11.0. The number of piperazine rings is 1. The van der Waals surface area contributed by atoms with Gasteiger partial charge in [-0.3, -0.25) is 14.4 Å². The lowest BCUT2D eigenvalue weighted by molar-refractivity contribution is -0.133. The second-order valence-corrected chi connectivity index (χ2v) is 12.5. The third kappa shape index (κ3) is 8.02. The molecule has 46 heavy (non-hydrogen) atoms. The summed E-state index contributed by atoms with van der Waals surface area (Å²) in [5, 5.41) is 6.22. The molecule has 1 atom stereocenters. The molecule has 0 spiro atoms. The number of carbonyl (C=O) groups excluding carboxylic acids is 3. The standard InChI is InChI=1S/C34H46N4O8/c1-21(39)36-25-12-10-22-19-28(43-5)31(44-6)32(45-7)30(22)23-11-13-26(27(40)20-24(23)25)35-14-8-9-29(41)37-15-17-38(18-16-37)33(42)46-34(2,3)4/h11,13,19-20,25H,8-10,12,14-18H2,1-7H3,(H,35,40)(H,36,39)/t25-/m0/s1. The summed E-state index contributed by atoms with van der Waals surface area (Å²) in [5.74, 6) is 1.27. The van der Waals surface area contributed by atoms with Crippen molar-refractivity contribution in [2.45, 2.75) is 65.0 Å². The average molecular weight is 639 g/mol. The second-order valence-electron chi connectivity index (χ2n) is 12.5. The molecule has 0 bridgehead atoms. The van der Waals surface area contributed by atoms with Gasteiger partial charge < -0.3 is 39.4 Å². The van der Waals surface area contributed by atoms with Gasteiger partial charge in [-0.1, -0.05) is 6.07 Å². The molecule has 0 radical (unpaired) electrons. The van der Waals surface area contributed by atoms with Gasteiger partial charge in [0, 0.05) is 51.6 Å². The number of amides is 3. The van der Waals surface area contributed by atoms with Gasteiger partial charge in [-0.05, 0) is 74.9 Å². The van der Waals surface area contributed by atoms with Crippen molar-refractivity contribution in [1.29, 1.82) is 0 Å². The molecule has 0 unspecified atom stereocenters. The van der Waals surface area contributed by atoms with Crippen molar-refractivity contribution in [3.05, 3.63) is 45.6 Å². The molecular weight excluding hydrogens is 592 g/mol. The van der Waals surface area contributed by atoms with Crippen LogP contribution in [0, 0.1) is 0 Å². The Morgan fingerprint density at radius 2 is 1.61 bits per heavy atom. The van der Waals surface area contributed by atoms with E-state index in [9.17, 15) is 19.2 Å². The van der Waals surface area contributed by atoms with E-state index in [-0.39, 0.29) is 23.3 Å². The monoisotopic (exact) mass is 638 g/mol. The minimum absolute atomic E-state index is 0.00421. The van der Waals surface area contributed by atoms with E-state index in [1.54, 1.807) is 43.3 Å². The Balaban J connectivity index is 1.49. The van der Waals surface area contributed by atoms with Crippen LogP contribution in [-0.2, 0) is 20.7 Å². The Morgan fingerprint density at radius 3 is 2.22 bits per heavy atom. The van der Waals surface area contributed by atoms with E-state index >= 15 is 0 Å². The topological polar surface area (TPSA) is 136 Å². The van der Waals surface area contributed by atoms with Gasteiger partial charge in [-0.25, -0.2) is 4.79 Å². The van der Waals surface area contributed by atoms with Gasteiger partial charge >= 0.3 is 6.09 Å². The highest BCUT2D eigenvalue weighted by Gasteiger charge is 2.30. The first-order chi connectivity index (χ1) is 21.9. The molecule has 0 saturated carbocycles. The average Bonchev–Trinajstić information content (AvgIpc) is 3.25. The highest BCUT2D eigenvalue weighted by atomic mass is 16.6. The van der Waals surface area contributed by atoms with Crippen LogP contribution < -0.4 is 30.3 Å². The molecule has 250 valence electrons. The van der Waals surface area contributed by atoms with Gasteiger partial charge in [0.15, 0.2) is 11.5 Å². The zero-order valence-corrected chi connectivity index (χ0v) is 27.9. The van der Waals surface area contributed by atoms with Crippen LogP contribution in [-0.4, -0.2) is 87.4 Å². The quantitative estimate of drug-likeness (QED) is 0.389. The van der Waals surface area contributed by atoms with Crippen molar-refractivity contribution in [2.75, 3.05) is 59.4 Å². The molecule has 2 aromatic carbocycles. The van der Waals surface area contributed by atoms with Crippen molar-refractivity contribution < 1.29 is 33.3 Å². The van der Waals surface area contributed by atoms with E-state index in [1.807, 2.05) is 32.9 Å². The predicted octanol–water partition coefficient (Wildman–Crippen LogP) is 4.13. The molecular formula is C34H46N4O8. The minimum Gasteiger partial charge on any atom is -0.493 e. The summed E-state index contributed by atoms with van der Waals surface area (Å²) in [6.45, 7) is 9.10. The van der Waals surface area contributed by atoms with Gasteiger partial charge in [0.05, 0.1) is 33.1 Å². The number of rotatable bonds is 9. The SMILES string of the molecule is COc1cc2c(c(OC)c1OC)-c1ccc(NCCCC(=O)N3CCN(C(=O)OC(C)(C)C)CC3)c(=O)cc1[C@@H](NC(C)=O)CC2. The van der Waals surface area contributed by atoms with E-state index in [4.69, 9.17) is 18.9 Å². The maximum absolute atomic E-state index is 13.5. The molecule has 1 saturated heterocycles. The Bertz CT molecular complexity index is 1510. The largest absolute Gasteiger partial charge is 0.493 e. The summed E-state index contributed by atoms with van der Waals surface area (Å²) in [7, 11) is 4.67. The van der Waals surface area contributed by atoms with Crippen LogP contribution in [0.2, 0.25) is 0 Å². The van der Waals surface area contributed by atoms with Crippen molar-refractivity contribution in [3.8, 4) is 28.4 Å². The number of fused-ring (bicyclic) bond motifs is 3. The highest BCUT2D eigenvalue weighted by Crippen LogP contribution is 2.50. The second kappa shape index (κ2) is 14.7. The molecule has 1 aliphatic carbocycles. The van der Waals surface area contributed by atoms with Gasteiger partial charge in [-0.2, -0.15) is 0 Å². The summed E-state index contributed by atoms with van der Waals surface area (Å²) in [6.07, 6.45) is 1.64. The summed E-state index contributed by atoms with van der Waals surface area (Å²) in [5.41, 5.74) is 2.73. The van der Waals surface area contributed by atoms with Crippen LogP contribution >= 0.6 is 0 Å².